The van der Waals surface area contributed by atoms with E-state index in [1.54, 1.807) is 39.0 Å². The summed E-state index contributed by atoms with van der Waals surface area (Å²) in [6, 6.07) is 6.33. The topological polar surface area (TPSA) is 26.3 Å². The number of benzene rings is 1. The molecule has 2 nitrogen and oxygen atoms in total. The van der Waals surface area contributed by atoms with Crippen LogP contribution in [0.25, 0.3) is 0 Å². The van der Waals surface area contributed by atoms with Gasteiger partial charge in [0.25, 0.3) is 0 Å². The fraction of sp³-hybridized carbons (Fsp3) is 0.533. The third-order valence-electron chi connectivity index (χ3n) is 3.29. The Morgan fingerprint density at radius 3 is 2.35 bits per heavy atom. The number of rotatable bonds is 1. The molecule has 2 rings (SSSR count). The van der Waals surface area contributed by atoms with E-state index in [0.29, 0.717) is 5.56 Å². The molecular formula is C15H17F3O2. The van der Waals surface area contributed by atoms with E-state index in [1.165, 1.54) is 6.07 Å². The molecule has 0 aliphatic heterocycles. The predicted molar refractivity (Wildman–Crippen MR) is 68.3 cm³/mol. The first-order valence-electron chi connectivity index (χ1n) is 6.47. The molecule has 0 unspecified atom stereocenters. The summed E-state index contributed by atoms with van der Waals surface area (Å²) < 4.78 is 45.0. The van der Waals surface area contributed by atoms with Gasteiger partial charge in [-0.3, -0.25) is 4.79 Å². The normalized spacial score (nSPS) is 22.5. The van der Waals surface area contributed by atoms with E-state index in [4.69, 9.17) is 4.74 Å². The zero-order valence-electron chi connectivity index (χ0n) is 11.6. The smallest absolute Gasteiger partial charge is 0.396 e. The Kier molecular flexibility index (Phi) is 3.56. The van der Waals surface area contributed by atoms with Crippen LogP contribution >= 0.6 is 0 Å². The Morgan fingerprint density at radius 2 is 1.80 bits per heavy atom. The highest BCUT2D eigenvalue weighted by Gasteiger charge is 2.53. The van der Waals surface area contributed by atoms with Crippen molar-refractivity contribution in [1.29, 1.82) is 0 Å². The van der Waals surface area contributed by atoms with Gasteiger partial charge in [0.1, 0.15) is 5.60 Å². The number of carbonyl (C=O) groups is 1. The fourth-order valence-corrected chi connectivity index (χ4v) is 2.60. The third kappa shape index (κ3) is 2.97. The first kappa shape index (κ1) is 14.9. The van der Waals surface area contributed by atoms with Crippen molar-refractivity contribution in [3.8, 4) is 0 Å². The molecule has 110 valence electrons. The van der Waals surface area contributed by atoms with Gasteiger partial charge in [0.15, 0.2) is 0 Å². The number of alkyl halides is 3. The lowest BCUT2D eigenvalue weighted by Crippen LogP contribution is -2.35. The first-order valence-corrected chi connectivity index (χ1v) is 6.47. The van der Waals surface area contributed by atoms with Crippen molar-refractivity contribution < 1.29 is 22.7 Å². The van der Waals surface area contributed by atoms with Gasteiger partial charge in [-0.2, -0.15) is 13.2 Å². The molecule has 0 aromatic heterocycles. The van der Waals surface area contributed by atoms with Gasteiger partial charge < -0.3 is 4.74 Å². The molecule has 0 heterocycles. The quantitative estimate of drug-likeness (QED) is 0.733. The van der Waals surface area contributed by atoms with Crippen LogP contribution in [0.4, 0.5) is 13.2 Å². The molecule has 0 saturated heterocycles. The molecule has 1 aromatic carbocycles. The van der Waals surface area contributed by atoms with E-state index in [2.05, 4.69) is 0 Å². The van der Waals surface area contributed by atoms with Crippen LogP contribution in [0.15, 0.2) is 24.3 Å². The Labute approximate surface area is 115 Å². The number of carbonyl (C=O) groups excluding carboxylic acids is 1. The largest absolute Gasteiger partial charge is 0.460 e. The number of hydrogen-bond donors (Lipinski definition) is 0. The number of esters is 1. The van der Waals surface area contributed by atoms with Crippen molar-refractivity contribution in [2.45, 2.75) is 44.9 Å². The second kappa shape index (κ2) is 4.79. The number of fused-ring (bicyclic) bond motifs is 1. The van der Waals surface area contributed by atoms with Crippen molar-refractivity contribution in [2.24, 2.45) is 5.92 Å². The van der Waals surface area contributed by atoms with Gasteiger partial charge >= 0.3 is 12.1 Å². The molecule has 0 spiro atoms. The highest BCUT2D eigenvalue weighted by molar-refractivity contribution is 5.76. The van der Waals surface area contributed by atoms with E-state index < -0.39 is 29.6 Å². The van der Waals surface area contributed by atoms with Gasteiger partial charge in [-0.1, -0.05) is 24.3 Å². The highest BCUT2D eigenvalue weighted by Crippen LogP contribution is 2.48. The summed E-state index contributed by atoms with van der Waals surface area (Å²) in [5.41, 5.74) is -0.0244. The maximum absolute atomic E-state index is 13.3. The van der Waals surface area contributed by atoms with Crippen LogP contribution < -0.4 is 0 Å². The zero-order valence-corrected chi connectivity index (χ0v) is 11.6. The van der Waals surface area contributed by atoms with Crippen molar-refractivity contribution >= 4 is 5.97 Å². The Morgan fingerprint density at radius 1 is 1.20 bits per heavy atom. The van der Waals surface area contributed by atoms with Crippen molar-refractivity contribution in [3.63, 3.8) is 0 Å². The summed E-state index contributed by atoms with van der Waals surface area (Å²) in [6.07, 6.45) is -4.37. The molecule has 0 amide bonds. The Hall–Kier alpha value is -1.52. The van der Waals surface area contributed by atoms with Gasteiger partial charge in [0.05, 0.1) is 11.8 Å². The molecule has 0 N–H and O–H groups in total. The predicted octanol–water partition coefficient (Wildman–Crippen LogP) is 3.85. The summed E-state index contributed by atoms with van der Waals surface area (Å²) in [7, 11) is 0. The van der Waals surface area contributed by atoms with Crippen LogP contribution in [0.3, 0.4) is 0 Å². The summed E-state index contributed by atoms with van der Waals surface area (Å²) >= 11 is 0. The Balaban J connectivity index is 2.34. The van der Waals surface area contributed by atoms with E-state index >= 15 is 0 Å². The molecule has 1 aliphatic rings. The molecule has 0 radical (unpaired) electrons. The second-order valence-corrected chi connectivity index (χ2v) is 6.06. The standard InChI is InChI=1S/C15H17F3O2/c1-14(2,3)20-13(19)11-8-9-6-4-5-7-10(9)12(11)15(16,17)18/h4-7,11-12H,8H2,1-3H3/t11-,12-/m0/s1. The van der Waals surface area contributed by atoms with E-state index in [-0.39, 0.29) is 12.0 Å². The first-order chi connectivity index (χ1) is 9.09. The zero-order chi connectivity index (χ0) is 15.1. The summed E-state index contributed by atoms with van der Waals surface area (Å²) in [4.78, 5) is 12.1. The molecule has 1 aliphatic carbocycles. The minimum Gasteiger partial charge on any atom is -0.460 e. The summed E-state index contributed by atoms with van der Waals surface area (Å²) in [5.74, 6) is -3.74. The van der Waals surface area contributed by atoms with Crippen LogP contribution in [0.5, 0.6) is 0 Å². The molecule has 0 bridgehead atoms. The molecule has 20 heavy (non-hydrogen) atoms. The molecule has 0 fully saturated rings. The van der Waals surface area contributed by atoms with Crippen LogP contribution in [-0.2, 0) is 16.0 Å². The monoisotopic (exact) mass is 286 g/mol. The number of ether oxygens (including phenoxy) is 1. The van der Waals surface area contributed by atoms with Crippen molar-refractivity contribution in [1.82, 2.24) is 0 Å². The maximum Gasteiger partial charge on any atom is 0.396 e. The van der Waals surface area contributed by atoms with Gasteiger partial charge in [-0.25, -0.2) is 0 Å². The second-order valence-electron chi connectivity index (χ2n) is 6.06. The SMILES string of the molecule is CC(C)(C)OC(=O)[C@H]1Cc2ccccc2[C@@H]1C(F)(F)F. The van der Waals surface area contributed by atoms with Crippen LogP contribution in [0, 0.1) is 5.92 Å². The lowest BCUT2D eigenvalue weighted by atomic mass is 9.92. The maximum atomic E-state index is 13.3. The highest BCUT2D eigenvalue weighted by atomic mass is 19.4. The van der Waals surface area contributed by atoms with E-state index in [9.17, 15) is 18.0 Å². The van der Waals surface area contributed by atoms with Gasteiger partial charge in [0.2, 0.25) is 0 Å². The van der Waals surface area contributed by atoms with Crippen LogP contribution in [0.2, 0.25) is 0 Å². The average molecular weight is 286 g/mol. The molecular weight excluding hydrogens is 269 g/mol. The molecule has 5 heteroatoms. The van der Waals surface area contributed by atoms with Gasteiger partial charge in [0, 0.05) is 0 Å². The summed E-state index contributed by atoms with van der Waals surface area (Å²) in [6.45, 7) is 4.95. The Bertz CT molecular complexity index is 515. The molecule has 0 saturated carbocycles. The van der Waals surface area contributed by atoms with Crippen molar-refractivity contribution in [3.05, 3.63) is 35.4 Å². The van der Waals surface area contributed by atoms with Gasteiger partial charge in [-0.05, 0) is 38.3 Å². The fourth-order valence-electron chi connectivity index (χ4n) is 2.60. The minimum atomic E-state index is -4.45. The van der Waals surface area contributed by atoms with Crippen molar-refractivity contribution in [2.75, 3.05) is 0 Å². The van der Waals surface area contributed by atoms with Crippen LogP contribution in [-0.4, -0.2) is 17.7 Å². The third-order valence-corrected chi connectivity index (χ3v) is 3.29. The molecule has 1 aromatic rings. The van der Waals surface area contributed by atoms with E-state index in [1.807, 2.05) is 0 Å². The lowest BCUT2D eigenvalue weighted by molar-refractivity contribution is -0.182. The lowest BCUT2D eigenvalue weighted by Gasteiger charge is -2.26. The summed E-state index contributed by atoms with van der Waals surface area (Å²) in [5, 5.41) is 0. The number of hydrogen-bond acceptors (Lipinski definition) is 2. The van der Waals surface area contributed by atoms with E-state index in [0.717, 1.165) is 0 Å². The minimum absolute atomic E-state index is 0.0786. The number of halogens is 3. The van der Waals surface area contributed by atoms with Gasteiger partial charge in [-0.15, -0.1) is 0 Å². The van der Waals surface area contributed by atoms with Crippen LogP contribution in [0.1, 0.15) is 37.8 Å². The average Bonchev–Trinajstić information content (AvgIpc) is 2.65. The molecule has 2 atom stereocenters.